The number of halogens is 2. The van der Waals surface area contributed by atoms with Crippen LogP contribution in [0.25, 0.3) is 0 Å². The Labute approximate surface area is 115 Å². The lowest BCUT2D eigenvalue weighted by atomic mass is 10.3. The Morgan fingerprint density at radius 2 is 2.00 bits per heavy atom. The molecule has 2 N–H and O–H groups in total. The van der Waals surface area contributed by atoms with Gasteiger partial charge in [0, 0.05) is 11.6 Å². The van der Waals surface area contributed by atoms with E-state index in [2.05, 4.69) is 17.2 Å². The van der Waals surface area contributed by atoms with Crippen LogP contribution in [0.3, 0.4) is 0 Å². The van der Waals surface area contributed by atoms with Crippen molar-refractivity contribution >= 4 is 40.7 Å². The minimum absolute atomic E-state index is 0.271. The minimum atomic E-state index is -0.444. The van der Waals surface area contributed by atoms with Crippen molar-refractivity contribution < 1.29 is 9.59 Å². The number of hydrogen-bond donors (Lipinski definition) is 2. The van der Waals surface area contributed by atoms with E-state index in [9.17, 15) is 9.59 Å². The Kier molecular flexibility index (Phi) is 5.68. The number of amides is 2. The Morgan fingerprint density at radius 1 is 1.28 bits per heavy atom. The van der Waals surface area contributed by atoms with Crippen LogP contribution in [0.15, 0.2) is 30.9 Å². The van der Waals surface area contributed by atoms with Crippen LogP contribution in [0.1, 0.15) is 6.42 Å². The van der Waals surface area contributed by atoms with E-state index >= 15 is 0 Å². The van der Waals surface area contributed by atoms with E-state index in [1.54, 1.807) is 12.1 Å². The first-order valence-corrected chi connectivity index (χ1v) is 5.91. The summed E-state index contributed by atoms with van der Waals surface area (Å²) < 4.78 is 0. The van der Waals surface area contributed by atoms with E-state index in [0.29, 0.717) is 22.3 Å². The lowest BCUT2D eigenvalue weighted by Gasteiger charge is -2.07. The molecule has 1 aromatic carbocycles. The molecule has 0 radical (unpaired) electrons. The molecule has 1 aromatic rings. The summed E-state index contributed by atoms with van der Waals surface area (Å²) in [5, 5.41) is 5.82. The zero-order chi connectivity index (χ0) is 13.5. The second kappa shape index (κ2) is 7.03. The summed E-state index contributed by atoms with van der Waals surface area (Å²) in [6, 6.07) is 4.68. The summed E-state index contributed by atoms with van der Waals surface area (Å²) in [7, 11) is 0. The van der Waals surface area contributed by atoms with Gasteiger partial charge in [-0.05, 0) is 18.2 Å². The first-order chi connectivity index (χ1) is 8.52. The molecule has 0 unspecified atom stereocenters. The highest BCUT2D eigenvalue weighted by Gasteiger charge is 2.10. The van der Waals surface area contributed by atoms with Crippen LogP contribution < -0.4 is 10.6 Å². The SMILES string of the molecule is C=CCNC(=O)CC(=O)Nc1ccc(Cl)cc1Cl. The van der Waals surface area contributed by atoms with Gasteiger partial charge < -0.3 is 10.6 Å². The molecule has 2 amide bonds. The Morgan fingerprint density at radius 3 is 2.61 bits per heavy atom. The van der Waals surface area contributed by atoms with Crippen LogP contribution in [0.5, 0.6) is 0 Å². The van der Waals surface area contributed by atoms with Gasteiger partial charge in [-0.15, -0.1) is 6.58 Å². The van der Waals surface area contributed by atoms with Crippen molar-refractivity contribution in [1.29, 1.82) is 0 Å². The Balaban J connectivity index is 2.54. The molecule has 0 saturated heterocycles. The molecule has 0 aliphatic carbocycles. The summed E-state index contributed by atoms with van der Waals surface area (Å²) in [4.78, 5) is 22.8. The number of benzene rings is 1. The van der Waals surface area contributed by atoms with Crippen molar-refractivity contribution in [3.63, 3.8) is 0 Å². The lowest BCUT2D eigenvalue weighted by molar-refractivity contribution is -0.126. The quantitative estimate of drug-likeness (QED) is 0.646. The van der Waals surface area contributed by atoms with E-state index in [0.717, 1.165) is 0 Å². The van der Waals surface area contributed by atoms with Gasteiger partial charge in [-0.1, -0.05) is 29.3 Å². The van der Waals surface area contributed by atoms with E-state index in [4.69, 9.17) is 23.2 Å². The van der Waals surface area contributed by atoms with Crippen molar-refractivity contribution in [3.8, 4) is 0 Å². The zero-order valence-electron chi connectivity index (χ0n) is 9.50. The molecule has 0 bridgehead atoms. The topological polar surface area (TPSA) is 58.2 Å². The number of carbonyl (C=O) groups is 2. The summed E-state index contributed by atoms with van der Waals surface area (Å²) in [5.41, 5.74) is 0.419. The monoisotopic (exact) mass is 286 g/mol. The first kappa shape index (κ1) is 14.5. The Bertz CT molecular complexity index is 475. The molecule has 18 heavy (non-hydrogen) atoms. The highest BCUT2D eigenvalue weighted by Crippen LogP contribution is 2.25. The smallest absolute Gasteiger partial charge is 0.233 e. The van der Waals surface area contributed by atoms with Crippen molar-refractivity contribution in [2.45, 2.75) is 6.42 Å². The normalized spacial score (nSPS) is 9.67. The molecule has 1 rings (SSSR count). The van der Waals surface area contributed by atoms with Crippen LogP contribution in [0.4, 0.5) is 5.69 Å². The number of nitrogens with one attached hydrogen (secondary N) is 2. The largest absolute Gasteiger partial charge is 0.352 e. The summed E-state index contributed by atoms with van der Waals surface area (Å²) in [6.07, 6.45) is 1.26. The van der Waals surface area contributed by atoms with Gasteiger partial charge in [0.15, 0.2) is 0 Å². The average Bonchev–Trinajstić information content (AvgIpc) is 2.30. The van der Waals surface area contributed by atoms with Gasteiger partial charge in [0.1, 0.15) is 6.42 Å². The molecule has 0 aromatic heterocycles. The molecule has 0 saturated carbocycles. The molecule has 0 fully saturated rings. The van der Waals surface area contributed by atoms with Crippen molar-refractivity contribution in [1.82, 2.24) is 5.32 Å². The van der Waals surface area contributed by atoms with Gasteiger partial charge in [0.2, 0.25) is 11.8 Å². The maximum absolute atomic E-state index is 11.5. The van der Waals surface area contributed by atoms with Crippen LogP contribution in [-0.2, 0) is 9.59 Å². The number of rotatable bonds is 5. The standard InChI is InChI=1S/C12H12Cl2N2O2/c1-2-5-15-11(17)7-12(18)16-10-4-3-8(13)6-9(10)14/h2-4,6H,1,5,7H2,(H,15,17)(H,16,18). The second-order valence-corrected chi connectivity index (χ2v) is 4.29. The molecule has 0 spiro atoms. The molecule has 96 valence electrons. The maximum Gasteiger partial charge on any atom is 0.233 e. The van der Waals surface area contributed by atoms with E-state index in [1.165, 1.54) is 12.1 Å². The highest BCUT2D eigenvalue weighted by molar-refractivity contribution is 6.36. The van der Waals surface area contributed by atoms with Gasteiger partial charge >= 0.3 is 0 Å². The van der Waals surface area contributed by atoms with Crippen LogP contribution in [0.2, 0.25) is 10.0 Å². The third-order valence-electron chi connectivity index (χ3n) is 1.97. The minimum Gasteiger partial charge on any atom is -0.352 e. The highest BCUT2D eigenvalue weighted by atomic mass is 35.5. The third kappa shape index (κ3) is 4.77. The lowest BCUT2D eigenvalue weighted by Crippen LogP contribution is -2.28. The fraction of sp³-hybridized carbons (Fsp3) is 0.167. The van der Waals surface area contributed by atoms with Crippen molar-refractivity contribution in [3.05, 3.63) is 40.9 Å². The van der Waals surface area contributed by atoms with Gasteiger partial charge in [0.05, 0.1) is 10.7 Å². The molecular weight excluding hydrogens is 275 g/mol. The number of anilines is 1. The fourth-order valence-electron chi connectivity index (χ4n) is 1.18. The van der Waals surface area contributed by atoms with Gasteiger partial charge in [-0.2, -0.15) is 0 Å². The van der Waals surface area contributed by atoms with Gasteiger partial charge in [0.25, 0.3) is 0 Å². The number of carbonyl (C=O) groups excluding carboxylic acids is 2. The van der Waals surface area contributed by atoms with E-state index in [-0.39, 0.29) is 12.3 Å². The molecule has 0 aliphatic heterocycles. The van der Waals surface area contributed by atoms with Gasteiger partial charge in [-0.3, -0.25) is 9.59 Å². The molecule has 0 aliphatic rings. The second-order valence-electron chi connectivity index (χ2n) is 3.44. The Hall–Kier alpha value is -1.52. The average molecular weight is 287 g/mol. The van der Waals surface area contributed by atoms with Gasteiger partial charge in [-0.25, -0.2) is 0 Å². The molecular formula is C12H12Cl2N2O2. The molecule has 4 nitrogen and oxygen atoms in total. The van der Waals surface area contributed by atoms with Crippen LogP contribution in [-0.4, -0.2) is 18.4 Å². The maximum atomic E-state index is 11.5. The fourth-order valence-corrected chi connectivity index (χ4v) is 1.64. The van der Waals surface area contributed by atoms with Crippen molar-refractivity contribution in [2.75, 3.05) is 11.9 Å². The summed E-state index contributed by atoms with van der Waals surface area (Å²) in [6.45, 7) is 3.78. The molecule has 6 heteroatoms. The summed E-state index contributed by atoms with van der Waals surface area (Å²) in [5.74, 6) is -0.821. The van der Waals surface area contributed by atoms with Crippen LogP contribution in [0, 0.1) is 0 Å². The van der Waals surface area contributed by atoms with Crippen molar-refractivity contribution in [2.24, 2.45) is 0 Å². The van der Waals surface area contributed by atoms with E-state index < -0.39 is 5.91 Å². The van der Waals surface area contributed by atoms with Crippen LogP contribution >= 0.6 is 23.2 Å². The number of hydrogen-bond acceptors (Lipinski definition) is 2. The first-order valence-electron chi connectivity index (χ1n) is 5.15. The molecule has 0 atom stereocenters. The summed E-state index contributed by atoms with van der Waals surface area (Å²) >= 11 is 11.6. The molecule has 0 heterocycles. The predicted molar refractivity (Wildman–Crippen MR) is 72.9 cm³/mol. The zero-order valence-corrected chi connectivity index (χ0v) is 11.0. The van der Waals surface area contributed by atoms with E-state index in [1.807, 2.05) is 0 Å². The predicted octanol–water partition coefficient (Wildman–Crippen LogP) is 2.62. The third-order valence-corrected chi connectivity index (χ3v) is 2.52.